The molecule has 0 radical (unpaired) electrons. The van der Waals surface area contributed by atoms with Gasteiger partial charge in [-0.2, -0.15) is 0 Å². The topological polar surface area (TPSA) is 38.8 Å². The van der Waals surface area contributed by atoms with Gasteiger partial charge in [0.25, 0.3) is 0 Å². The van der Waals surface area contributed by atoms with Crippen molar-refractivity contribution in [3.63, 3.8) is 0 Å². The Morgan fingerprint density at radius 1 is 1.86 bits per heavy atom. The number of hydrogen-bond donors (Lipinski definition) is 0. The minimum Gasteiger partial charge on any atom is -0.485 e. The molecule has 0 saturated carbocycles. The van der Waals surface area contributed by atoms with Crippen LogP contribution in [0.15, 0.2) is 12.7 Å². The zero-order valence-electron chi connectivity index (χ0n) is 8.06. The molecule has 1 rings (SSSR count). The van der Waals surface area contributed by atoms with Crippen LogP contribution in [0.25, 0.3) is 0 Å². The highest BCUT2D eigenvalue weighted by atomic mass is 32.1. The number of β-lactam (4-membered cyclic amide) rings is 1. The van der Waals surface area contributed by atoms with Crippen molar-refractivity contribution >= 4 is 23.2 Å². The molecule has 0 bridgehead atoms. The molecule has 1 aliphatic rings. The van der Waals surface area contributed by atoms with E-state index in [-0.39, 0.29) is 11.9 Å². The molecule has 5 heteroatoms. The molecule has 1 amide bonds. The van der Waals surface area contributed by atoms with E-state index in [0.717, 1.165) is 0 Å². The largest absolute Gasteiger partial charge is 0.485 e. The predicted octanol–water partition coefficient (Wildman–Crippen LogP) is 1.07. The van der Waals surface area contributed by atoms with Crippen LogP contribution in [0.1, 0.15) is 13.3 Å². The van der Waals surface area contributed by atoms with E-state index in [1.807, 2.05) is 0 Å². The van der Waals surface area contributed by atoms with Crippen LogP contribution in [-0.4, -0.2) is 35.3 Å². The molecule has 0 aromatic carbocycles. The van der Waals surface area contributed by atoms with E-state index < -0.39 is 0 Å². The average molecular weight is 215 g/mol. The fourth-order valence-electron chi connectivity index (χ4n) is 1.12. The summed E-state index contributed by atoms with van der Waals surface area (Å²) in [5.74, 6) is -0.0255. The number of ether oxygens (including phenoxy) is 1. The number of carbonyl (C=O) groups is 1. The van der Waals surface area contributed by atoms with Gasteiger partial charge in [-0.05, 0) is 12.2 Å². The van der Waals surface area contributed by atoms with Crippen LogP contribution >= 0.6 is 12.2 Å². The summed E-state index contributed by atoms with van der Waals surface area (Å²) in [5, 5.41) is 1.80. The van der Waals surface area contributed by atoms with Crippen LogP contribution in [0.2, 0.25) is 0 Å². The smallest absolute Gasteiger partial charge is 0.248 e. The Balaban J connectivity index is 2.28. The van der Waals surface area contributed by atoms with Gasteiger partial charge in [0.2, 0.25) is 5.91 Å². The highest BCUT2D eigenvalue weighted by Gasteiger charge is 2.37. The average Bonchev–Trinajstić information content (AvgIpc) is 2.12. The van der Waals surface area contributed by atoms with Crippen LogP contribution in [0.4, 0.5) is 0 Å². The molecule has 78 valence electrons. The van der Waals surface area contributed by atoms with Crippen LogP contribution in [0, 0.1) is 0 Å². The van der Waals surface area contributed by atoms with Gasteiger partial charge in [-0.1, -0.05) is 6.08 Å². The van der Waals surface area contributed by atoms with Gasteiger partial charge in [0.1, 0.15) is 12.6 Å². The van der Waals surface area contributed by atoms with Crippen molar-refractivity contribution in [2.45, 2.75) is 19.4 Å². The first-order valence-electron chi connectivity index (χ1n) is 4.34. The first-order valence-corrected chi connectivity index (χ1v) is 4.75. The lowest BCUT2D eigenvalue weighted by Gasteiger charge is -2.37. The second kappa shape index (κ2) is 5.07. The summed E-state index contributed by atoms with van der Waals surface area (Å²) in [6, 6.07) is -0.0136. The molecule has 4 nitrogen and oxygen atoms in total. The van der Waals surface area contributed by atoms with Gasteiger partial charge in [0.15, 0.2) is 5.05 Å². The number of nitrogens with zero attached hydrogens (tertiary/aromatic N) is 1. The summed E-state index contributed by atoms with van der Waals surface area (Å²) in [7, 11) is 0. The third-order valence-electron chi connectivity index (χ3n) is 1.80. The van der Waals surface area contributed by atoms with Gasteiger partial charge in [-0.3, -0.25) is 9.63 Å². The van der Waals surface area contributed by atoms with Crippen molar-refractivity contribution < 1.29 is 14.4 Å². The Bertz CT molecular complexity index is 254. The SMILES string of the molecule is C=CCON1C(=O)CC1COC(C)=S. The normalized spacial score (nSPS) is 20.2. The summed E-state index contributed by atoms with van der Waals surface area (Å²) in [4.78, 5) is 16.2. The van der Waals surface area contributed by atoms with E-state index in [4.69, 9.17) is 21.8 Å². The Hall–Kier alpha value is -0.940. The third kappa shape index (κ3) is 2.78. The first-order chi connectivity index (χ1) is 6.65. The fourth-order valence-corrected chi connectivity index (χ4v) is 1.18. The molecule has 0 aromatic rings. The third-order valence-corrected chi connectivity index (χ3v) is 1.92. The Kier molecular flexibility index (Phi) is 4.03. The standard InChI is InChI=1S/C9H13NO3S/c1-3-4-13-10-8(5-9(10)11)6-12-7(2)14/h3,8H,1,4-6H2,2H3. The van der Waals surface area contributed by atoms with E-state index in [0.29, 0.717) is 24.7 Å². The highest BCUT2D eigenvalue weighted by Crippen LogP contribution is 2.19. The molecular weight excluding hydrogens is 202 g/mol. The molecule has 1 atom stereocenters. The summed E-state index contributed by atoms with van der Waals surface area (Å²) in [6.07, 6.45) is 2.05. The molecule has 1 aliphatic heterocycles. The summed E-state index contributed by atoms with van der Waals surface area (Å²) in [6.45, 7) is 5.93. The van der Waals surface area contributed by atoms with Crippen molar-refractivity contribution in [1.82, 2.24) is 5.06 Å². The Labute approximate surface area is 88.4 Å². The second-order valence-corrected chi connectivity index (χ2v) is 3.54. The molecule has 0 aliphatic carbocycles. The highest BCUT2D eigenvalue weighted by molar-refractivity contribution is 7.80. The number of hydrogen-bond acceptors (Lipinski definition) is 4. The lowest BCUT2D eigenvalue weighted by molar-refractivity contribution is -0.226. The molecule has 0 aromatic heterocycles. The maximum Gasteiger partial charge on any atom is 0.248 e. The summed E-state index contributed by atoms with van der Waals surface area (Å²) in [5.41, 5.74) is 0. The van der Waals surface area contributed by atoms with Crippen molar-refractivity contribution in [2.24, 2.45) is 0 Å². The van der Waals surface area contributed by atoms with Crippen LogP contribution in [0.5, 0.6) is 0 Å². The molecule has 1 saturated heterocycles. The van der Waals surface area contributed by atoms with Crippen molar-refractivity contribution in [1.29, 1.82) is 0 Å². The van der Waals surface area contributed by atoms with Crippen molar-refractivity contribution in [3.8, 4) is 0 Å². The fraction of sp³-hybridized carbons (Fsp3) is 0.556. The molecule has 0 N–H and O–H groups in total. The zero-order valence-corrected chi connectivity index (χ0v) is 8.88. The van der Waals surface area contributed by atoms with E-state index in [9.17, 15) is 4.79 Å². The molecule has 0 spiro atoms. The monoisotopic (exact) mass is 215 g/mol. The van der Waals surface area contributed by atoms with E-state index in [1.165, 1.54) is 5.06 Å². The van der Waals surface area contributed by atoms with Gasteiger partial charge >= 0.3 is 0 Å². The van der Waals surface area contributed by atoms with Crippen LogP contribution in [-0.2, 0) is 14.4 Å². The maximum absolute atomic E-state index is 11.1. The van der Waals surface area contributed by atoms with Crippen LogP contribution < -0.4 is 0 Å². The van der Waals surface area contributed by atoms with Crippen molar-refractivity contribution in [3.05, 3.63) is 12.7 Å². The molecular formula is C9H13NO3S. The van der Waals surface area contributed by atoms with Gasteiger partial charge in [-0.15, -0.1) is 6.58 Å². The van der Waals surface area contributed by atoms with Gasteiger partial charge in [-0.25, -0.2) is 5.06 Å². The van der Waals surface area contributed by atoms with Gasteiger partial charge < -0.3 is 4.74 Å². The number of carbonyl (C=O) groups excluding carboxylic acids is 1. The first kappa shape index (κ1) is 11.1. The minimum atomic E-state index is -0.0255. The minimum absolute atomic E-state index is 0.0136. The summed E-state index contributed by atoms with van der Waals surface area (Å²) >= 11 is 4.76. The van der Waals surface area contributed by atoms with Crippen LogP contribution in [0.3, 0.4) is 0 Å². The number of hydroxylamine groups is 2. The number of thiocarbonyl (C=S) groups is 1. The van der Waals surface area contributed by atoms with Crippen molar-refractivity contribution in [2.75, 3.05) is 13.2 Å². The number of amides is 1. The van der Waals surface area contributed by atoms with E-state index in [2.05, 4.69) is 6.58 Å². The number of rotatable bonds is 5. The Morgan fingerprint density at radius 3 is 3.07 bits per heavy atom. The van der Waals surface area contributed by atoms with Gasteiger partial charge in [0.05, 0.1) is 13.0 Å². The molecule has 14 heavy (non-hydrogen) atoms. The Morgan fingerprint density at radius 2 is 2.57 bits per heavy atom. The van der Waals surface area contributed by atoms with Gasteiger partial charge in [0, 0.05) is 6.92 Å². The molecule has 1 fully saturated rings. The van der Waals surface area contributed by atoms with E-state index in [1.54, 1.807) is 13.0 Å². The predicted molar refractivity (Wildman–Crippen MR) is 55.6 cm³/mol. The maximum atomic E-state index is 11.1. The van der Waals surface area contributed by atoms with E-state index >= 15 is 0 Å². The quantitative estimate of drug-likeness (QED) is 0.390. The molecule has 1 heterocycles. The zero-order chi connectivity index (χ0) is 10.6. The second-order valence-electron chi connectivity index (χ2n) is 2.96. The lowest BCUT2D eigenvalue weighted by atomic mass is 10.1. The summed E-state index contributed by atoms with van der Waals surface area (Å²) < 4.78 is 5.14. The molecule has 1 unspecified atom stereocenters. The lowest BCUT2D eigenvalue weighted by Crippen LogP contribution is -2.54.